The number of hydrogen-bond donors (Lipinski definition) is 1. The molecule has 0 saturated carbocycles. The molecule has 0 radical (unpaired) electrons. The number of benzene rings is 2. The summed E-state index contributed by atoms with van der Waals surface area (Å²) in [5, 5.41) is 13.5. The molecule has 9 heteroatoms. The highest BCUT2D eigenvalue weighted by atomic mass is 35.5. The summed E-state index contributed by atoms with van der Waals surface area (Å²) in [5.41, 5.74) is 1.06. The van der Waals surface area contributed by atoms with Crippen molar-refractivity contribution in [2.24, 2.45) is 0 Å². The van der Waals surface area contributed by atoms with Crippen molar-refractivity contribution in [3.05, 3.63) is 68.1 Å². The summed E-state index contributed by atoms with van der Waals surface area (Å²) >= 11 is 19.1. The van der Waals surface area contributed by atoms with Crippen LogP contribution in [0.2, 0.25) is 15.1 Å². The molecule has 3 aromatic rings. The van der Waals surface area contributed by atoms with E-state index < -0.39 is 6.10 Å². The van der Waals surface area contributed by atoms with Gasteiger partial charge in [-0.25, -0.2) is 0 Å². The highest BCUT2D eigenvalue weighted by Crippen LogP contribution is 2.28. The Morgan fingerprint density at radius 2 is 1.81 bits per heavy atom. The first-order chi connectivity index (χ1) is 12.9. The zero-order chi connectivity index (χ0) is 19.4. The molecule has 5 nitrogen and oxygen atoms in total. The Morgan fingerprint density at radius 3 is 2.52 bits per heavy atom. The number of nitrogens with zero attached hydrogens (tertiary/aromatic N) is 2. The molecule has 140 valence electrons. The first-order valence-electron chi connectivity index (χ1n) is 7.90. The van der Waals surface area contributed by atoms with Gasteiger partial charge in [-0.2, -0.15) is 0 Å². The monoisotopic (exact) mass is 441 g/mol. The fourth-order valence-corrected chi connectivity index (χ4v) is 3.53. The predicted molar refractivity (Wildman–Crippen MR) is 109 cm³/mol. The lowest BCUT2D eigenvalue weighted by atomic mass is 10.2. The van der Waals surface area contributed by atoms with Gasteiger partial charge in [0.25, 0.3) is 5.91 Å². The van der Waals surface area contributed by atoms with Crippen molar-refractivity contribution >= 4 is 57.2 Å². The van der Waals surface area contributed by atoms with Crippen LogP contribution in [0.15, 0.2) is 42.5 Å². The fourth-order valence-electron chi connectivity index (χ4n) is 2.17. The van der Waals surface area contributed by atoms with Gasteiger partial charge in [-0.05, 0) is 42.8 Å². The van der Waals surface area contributed by atoms with Crippen LogP contribution in [0.1, 0.15) is 17.5 Å². The number of rotatable bonds is 6. The number of halogens is 3. The van der Waals surface area contributed by atoms with Crippen molar-refractivity contribution in [2.45, 2.75) is 19.4 Å². The number of amides is 1. The largest absolute Gasteiger partial charge is 0.479 e. The molecule has 0 fully saturated rings. The number of aromatic nitrogens is 2. The van der Waals surface area contributed by atoms with Crippen molar-refractivity contribution in [2.75, 3.05) is 5.32 Å². The first-order valence-corrected chi connectivity index (χ1v) is 9.85. The molecule has 1 heterocycles. The van der Waals surface area contributed by atoms with Crippen LogP contribution in [0, 0.1) is 0 Å². The van der Waals surface area contributed by atoms with E-state index in [4.69, 9.17) is 39.5 Å². The third kappa shape index (κ3) is 5.56. The molecule has 27 heavy (non-hydrogen) atoms. The molecular formula is C18H14Cl3N3O2S. The van der Waals surface area contributed by atoms with E-state index in [-0.39, 0.29) is 5.91 Å². The summed E-state index contributed by atoms with van der Waals surface area (Å²) in [7, 11) is 0. The molecule has 0 bridgehead atoms. The smallest absolute Gasteiger partial charge is 0.266 e. The third-order valence-electron chi connectivity index (χ3n) is 3.53. The lowest BCUT2D eigenvalue weighted by Crippen LogP contribution is -2.30. The number of hydrogen-bond acceptors (Lipinski definition) is 5. The van der Waals surface area contributed by atoms with E-state index in [9.17, 15) is 4.79 Å². The second-order valence-electron chi connectivity index (χ2n) is 5.63. The molecule has 2 aromatic carbocycles. The Morgan fingerprint density at radius 1 is 1.11 bits per heavy atom. The molecule has 1 unspecified atom stereocenters. The highest BCUT2D eigenvalue weighted by molar-refractivity contribution is 7.15. The topological polar surface area (TPSA) is 64.1 Å². The van der Waals surface area contributed by atoms with Crippen LogP contribution in [0.4, 0.5) is 5.13 Å². The van der Waals surface area contributed by atoms with Crippen LogP contribution in [0.3, 0.4) is 0 Å². The fraction of sp³-hybridized carbons (Fsp3) is 0.167. The van der Waals surface area contributed by atoms with E-state index in [0.717, 1.165) is 10.6 Å². The summed E-state index contributed by atoms with van der Waals surface area (Å²) < 4.78 is 5.59. The highest BCUT2D eigenvalue weighted by Gasteiger charge is 2.18. The Bertz CT molecular complexity index is 947. The van der Waals surface area contributed by atoms with E-state index in [1.165, 1.54) is 11.3 Å². The van der Waals surface area contributed by atoms with Crippen molar-refractivity contribution in [1.29, 1.82) is 0 Å². The SMILES string of the molecule is CC(Oc1ccc(Cl)cc1Cl)C(=O)Nc1nnc(Cc2ccc(Cl)cc2)s1. The van der Waals surface area contributed by atoms with Gasteiger partial charge in [0, 0.05) is 16.5 Å². The molecule has 1 aromatic heterocycles. The van der Waals surface area contributed by atoms with Crippen molar-refractivity contribution < 1.29 is 9.53 Å². The Hall–Kier alpha value is -1.86. The van der Waals surface area contributed by atoms with Gasteiger partial charge in [-0.1, -0.05) is 58.3 Å². The Kier molecular flexibility index (Phi) is 6.55. The molecule has 0 aliphatic rings. The van der Waals surface area contributed by atoms with E-state index in [1.54, 1.807) is 25.1 Å². The van der Waals surface area contributed by atoms with E-state index >= 15 is 0 Å². The van der Waals surface area contributed by atoms with Crippen LogP contribution in [0.25, 0.3) is 0 Å². The lowest BCUT2D eigenvalue weighted by Gasteiger charge is -2.14. The summed E-state index contributed by atoms with van der Waals surface area (Å²) in [5.74, 6) is 0.0274. The van der Waals surface area contributed by atoms with Crippen molar-refractivity contribution in [3.8, 4) is 5.75 Å². The molecule has 3 rings (SSSR count). The number of carbonyl (C=O) groups excluding carboxylic acids is 1. The van der Waals surface area contributed by atoms with Crippen LogP contribution in [-0.4, -0.2) is 22.2 Å². The van der Waals surface area contributed by atoms with E-state index in [0.29, 0.717) is 32.4 Å². The van der Waals surface area contributed by atoms with Crippen molar-refractivity contribution in [1.82, 2.24) is 10.2 Å². The van der Waals surface area contributed by atoms with Crippen LogP contribution in [0.5, 0.6) is 5.75 Å². The predicted octanol–water partition coefficient (Wildman–Crippen LogP) is 5.50. The van der Waals surface area contributed by atoms with E-state index in [1.807, 2.05) is 24.3 Å². The maximum absolute atomic E-state index is 12.3. The van der Waals surface area contributed by atoms with E-state index in [2.05, 4.69) is 15.5 Å². The average Bonchev–Trinajstić information content (AvgIpc) is 3.06. The van der Waals surface area contributed by atoms with Crippen LogP contribution < -0.4 is 10.1 Å². The summed E-state index contributed by atoms with van der Waals surface area (Å²) in [6, 6.07) is 12.3. The Labute approximate surface area is 175 Å². The zero-order valence-electron chi connectivity index (χ0n) is 14.1. The maximum atomic E-state index is 12.3. The molecule has 0 aliphatic carbocycles. The Balaban J connectivity index is 1.59. The second-order valence-corrected chi connectivity index (χ2v) is 7.97. The van der Waals surface area contributed by atoms with Crippen LogP contribution in [-0.2, 0) is 11.2 Å². The molecular weight excluding hydrogens is 429 g/mol. The second kappa shape index (κ2) is 8.89. The minimum absolute atomic E-state index is 0.336. The minimum Gasteiger partial charge on any atom is -0.479 e. The van der Waals surface area contributed by atoms with Gasteiger partial charge in [0.2, 0.25) is 5.13 Å². The molecule has 1 atom stereocenters. The summed E-state index contributed by atoms with van der Waals surface area (Å²) in [6.07, 6.45) is -0.163. The normalized spacial score (nSPS) is 11.9. The number of anilines is 1. The first kappa shape index (κ1) is 19.9. The number of nitrogens with one attached hydrogen (secondary N) is 1. The third-order valence-corrected chi connectivity index (χ3v) is 5.15. The van der Waals surface area contributed by atoms with Gasteiger partial charge in [0.1, 0.15) is 10.8 Å². The van der Waals surface area contributed by atoms with Gasteiger partial charge in [0.05, 0.1) is 5.02 Å². The van der Waals surface area contributed by atoms with Crippen LogP contribution >= 0.6 is 46.1 Å². The standard InChI is InChI=1S/C18H14Cl3N3O2S/c1-10(26-15-7-6-13(20)9-14(15)21)17(25)22-18-24-23-16(27-18)8-11-2-4-12(19)5-3-11/h2-7,9-10H,8H2,1H3,(H,22,24,25). The zero-order valence-corrected chi connectivity index (χ0v) is 17.2. The quantitative estimate of drug-likeness (QED) is 0.548. The number of carbonyl (C=O) groups is 1. The van der Waals surface area contributed by atoms with Gasteiger partial charge >= 0.3 is 0 Å². The van der Waals surface area contributed by atoms with Gasteiger partial charge in [0.15, 0.2) is 6.10 Å². The molecule has 0 aliphatic heterocycles. The lowest BCUT2D eigenvalue weighted by molar-refractivity contribution is -0.122. The van der Waals surface area contributed by atoms with Gasteiger partial charge in [-0.15, -0.1) is 10.2 Å². The maximum Gasteiger partial charge on any atom is 0.266 e. The minimum atomic E-state index is -0.771. The van der Waals surface area contributed by atoms with Crippen molar-refractivity contribution in [3.63, 3.8) is 0 Å². The molecule has 0 saturated heterocycles. The number of ether oxygens (including phenoxy) is 1. The molecule has 1 amide bonds. The van der Waals surface area contributed by atoms with Gasteiger partial charge < -0.3 is 4.74 Å². The average molecular weight is 443 g/mol. The molecule has 0 spiro atoms. The van der Waals surface area contributed by atoms with Gasteiger partial charge in [-0.3, -0.25) is 10.1 Å². The summed E-state index contributed by atoms with van der Waals surface area (Å²) in [6.45, 7) is 1.62. The molecule has 1 N–H and O–H groups in total. The summed E-state index contributed by atoms with van der Waals surface area (Å²) in [4.78, 5) is 12.3.